The fourth-order valence-electron chi connectivity index (χ4n) is 5.26. The maximum atomic E-state index is 11.8. The lowest BCUT2D eigenvalue weighted by atomic mass is 9.85. The highest BCUT2D eigenvalue weighted by Gasteiger charge is 2.17. The topological polar surface area (TPSA) is 34.1 Å². The summed E-state index contributed by atoms with van der Waals surface area (Å²) in [5, 5.41) is 0. The second kappa shape index (κ2) is 15.5. The maximum absolute atomic E-state index is 11.8. The molecule has 1 rings (SSSR count). The van der Waals surface area contributed by atoms with Gasteiger partial charge in [0, 0.05) is 11.1 Å². The van der Waals surface area contributed by atoms with E-state index in [4.69, 9.17) is 0 Å². The molecule has 0 saturated heterocycles. The van der Waals surface area contributed by atoms with Gasteiger partial charge in [-0.25, -0.2) is 0 Å². The smallest absolute Gasteiger partial charge is 0.150 e. The third-order valence-corrected chi connectivity index (χ3v) is 7.94. The van der Waals surface area contributed by atoms with Gasteiger partial charge in [0.15, 0.2) is 12.6 Å². The number of carbonyl (C=O) groups is 2. The lowest BCUT2D eigenvalue weighted by Crippen LogP contribution is -2.09. The minimum Gasteiger partial charge on any atom is -0.298 e. The minimum atomic E-state index is 0.637. The van der Waals surface area contributed by atoms with Gasteiger partial charge in [-0.05, 0) is 79.5 Å². The van der Waals surface area contributed by atoms with Gasteiger partial charge < -0.3 is 0 Å². The lowest BCUT2D eigenvalue weighted by molar-refractivity contribution is 0.111. The van der Waals surface area contributed by atoms with Crippen LogP contribution in [-0.4, -0.2) is 12.6 Å². The van der Waals surface area contributed by atoms with Crippen LogP contribution in [0.15, 0.2) is 0 Å². The molecule has 0 aromatic heterocycles. The lowest BCUT2D eigenvalue weighted by Gasteiger charge is -2.19. The zero-order valence-corrected chi connectivity index (χ0v) is 23.1. The zero-order valence-electron chi connectivity index (χ0n) is 23.1. The molecule has 0 fully saturated rings. The molecule has 0 amide bonds. The standard InChI is InChI=1S/C31H52O2/c1-22(2)12-9-13-23(3)14-10-15-24(4)16-11-17-25(5)18-19-29-28(8)30(20-32)26(6)27(7)31(29)21-33/h20-25H,9-19H2,1-8H3/t23-,24+,25-/m1/s1. The van der Waals surface area contributed by atoms with Crippen LogP contribution in [0.4, 0.5) is 0 Å². The predicted molar refractivity (Wildman–Crippen MR) is 144 cm³/mol. The van der Waals surface area contributed by atoms with E-state index in [2.05, 4.69) is 34.6 Å². The SMILES string of the molecule is Cc1c(C)c(C=O)c(CC[C@H](C)CCC[C@@H](C)CCC[C@H](C)CCCC(C)C)c(C)c1C=O. The molecule has 1 aromatic carbocycles. The largest absolute Gasteiger partial charge is 0.298 e. The second-order valence-corrected chi connectivity index (χ2v) is 11.5. The van der Waals surface area contributed by atoms with Crippen LogP contribution >= 0.6 is 0 Å². The maximum Gasteiger partial charge on any atom is 0.150 e. The first-order valence-corrected chi connectivity index (χ1v) is 13.6. The van der Waals surface area contributed by atoms with E-state index in [-0.39, 0.29) is 0 Å². The summed E-state index contributed by atoms with van der Waals surface area (Å²) in [6.07, 6.45) is 16.0. The summed E-state index contributed by atoms with van der Waals surface area (Å²) in [5.74, 6) is 3.17. The van der Waals surface area contributed by atoms with E-state index >= 15 is 0 Å². The molecule has 0 heterocycles. The second-order valence-electron chi connectivity index (χ2n) is 11.5. The summed E-state index contributed by atoms with van der Waals surface area (Å²) in [6, 6.07) is 0. The minimum absolute atomic E-state index is 0.637. The molecule has 0 spiro atoms. The normalized spacial score (nSPS) is 14.3. The van der Waals surface area contributed by atoms with E-state index in [9.17, 15) is 9.59 Å². The number of carbonyl (C=O) groups excluding carboxylic acids is 2. The van der Waals surface area contributed by atoms with Gasteiger partial charge in [0.1, 0.15) is 0 Å². The van der Waals surface area contributed by atoms with Crippen LogP contribution in [0.2, 0.25) is 0 Å². The van der Waals surface area contributed by atoms with E-state index in [1.807, 2.05) is 20.8 Å². The van der Waals surface area contributed by atoms with Crippen molar-refractivity contribution in [3.8, 4) is 0 Å². The summed E-state index contributed by atoms with van der Waals surface area (Å²) in [7, 11) is 0. The van der Waals surface area contributed by atoms with Gasteiger partial charge in [-0.3, -0.25) is 9.59 Å². The quantitative estimate of drug-likeness (QED) is 0.219. The van der Waals surface area contributed by atoms with Crippen LogP contribution in [0, 0.1) is 44.4 Å². The van der Waals surface area contributed by atoms with Gasteiger partial charge in [-0.1, -0.05) is 92.4 Å². The van der Waals surface area contributed by atoms with Crippen LogP contribution in [0.5, 0.6) is 0 Å². The number of rotatable bonds is 17. The van der Waals surface area contributed by atoms with Crippen LogP contribution in [-0.2, 0) is 6.42 Å². The Kier molecular flexibility index (Phi) is 13.9. The first-order valence-electron chi connectivity index (χ1n) is 13.6. The number of aldehydes is 2. The average Bonchev–Trinajstić information content (AvgIpc) is 2.75. The molecule has 0 aliphatic carbocycles. The molecular formula is C31H52O2. The van der Waals surface area contributed by atoms with Crippen molar-refractivity contribution in [3.63, 3.8) is 0 Å². The molecule has 1 aromatic rings. The summed E-state index contributed by atoms with van der Waals surface area (Å²) in [4.78, 5) is 23.4. The molecule has 0 bridgehead atoms. The van der Waals surface area contributed by atoms with Crippen LogP contribution in [0.3, 0.4) is 0 Å². The molecule has 2 nitrogen and oxygen atoms in total. The average molecular weight is 457 g/mol. The highest BCUT2D eigenvalue weighted by molar-refractivity contribution is 5.88. The van der Waals surface area contributed by atoms with Crippen molar-refractivity contribution in [2.45, 2.75) is 126 Å². The first kappa shape index (κ1) is 29.6. The Hall–Kier alpha value is -1.44. The number of hydrogen-bond donors (Lipinski definition) is 0. The van der Waals surface area contributed by atoms with Crippen LogP contribution in [0.25, 0.3) is 0 Å². The Morgan fingerprint density at radius 1 is 0.545 bits per heavy atom. The Morgan fingerprint density at radius 3 is 1.36 bits per heavy atom. The molecule has 2 heteroatoms. The number of benzene rings is 1. The van der Waals surface area contributed by atoms with Crippen molar-refractivity contribution in [2.24, 2.45) is 23.7 Å². The van der Waals surface area contributed by atoms with Crippen molar-refractivity contribution in [2.75, 3.05) is 0 Å². The highest BCUT2D eigenvalue weighted by atomic mass is 16.1. The Bertz CT molecular complexity index is 731. The van der Waals surface area contributed by atoms with Crippen molar-refractivity contribution in [1.82, 2.24) is 0 Å². The third-order valence-electron chi connectivity index (χ3n) is 7.94. The van der Waals surface area contributed by atoms with Crippen LogP contribution in [0.1, 0.15) is 142 Å². The number of hydrogen-bond acceptors (Lipinski definition) is 2. The fourth-order valence-corrected chi connectivity index (χ4v) is 5.26. The summed E-state index contributed by atoms with van der Waals surface area (Å²) >= 11 is 0. The fraction of sp³-hybridized carbons (Fsp3) is 0.742. The van der Waals surface area contributed by atoms with E-state index in [0.717, 1.165) is 76.5 Å². The van der Waals surface area contributed by atoms with E-state index in [1.54, 1.807) is 0 Å². The molecule has 0 unspecified atom stereocenters. The van der Waals surface area contributed by atoms with E-state index in [1.165, 1.54) is 57.8 Å². The Labute approximate surface area is 205 Å². The molecule has 3 atom stereocenters. The summed E-state index contributed by atoms with van der Waals surface area (Å²) in [5.41, 5.74) is 5.55. The van der Waals surface area contributed by atoms with Gasteiger partial charge in [0.05, 0.1) is 0 Å². The van der Waals surface area contributed by atoms with E-state index in [0.29, 0.717) is 5.92 Å². The Morgan fingerprint density at radius 2 is 0.939 bits per heavy atom. The molecule has 188 valence electrons. The predicted octanol–water partition coefficient (Wildman–Crippen LogP) is 9.24. The van der Waals surface area contributed by atoms with Crippen molar-refractivity contribution >= 4 is 12.6 Å². The highest BCUT2D eigenvalue weighted by Crippen LogP contribution is 2.28. The molecular weight excluding hydrogens is 404 g/mol. The molecule has 0 aliphatic rings. The summed E-state index contributed by atoms with van der Waals surface area (Å²) < 4.78 is 0. The Balaban J connectivity index is 2.38. The van der Waals surface area contributed by atoms with Crippen LogP contribution < -0.4 is 0 Å². The molecule has 0 radical (unpaired) electrons. The molecule has 33 heavy (non-hydrogen) atoms. The molecule has 0 saturated carbocycles. The molecule has 0 aliphatic heterocycles. The summed E-state index contributed by atoms with van der Waals surface area (Å²) in [6.45, 7) is 17.7. The van der Waals surface area contributed by atoms with Gasteiger partial charge >= 0.3 is 0 Å². The monoisotopic (exact) mass is 456 g/mol. The molecule has 0 N–H and O–H groups in total. The van der Waals surface area contributed by atoms with Gasteiger partial charge in [0.2, 0.25) is 0 Å². The van der Waals surface area contributed by atoms with Crippen molar-refractivity contribution < 1.29 is 9.59 Å². The zero-order chi connectivity index (χ0) is 25.0. The van der Waals surface area contributed by atoms with E-state index < -0.39 is 0 Å². The third kappa shape index (κ3) is 10.1. The van der Waals surface area contributed by atoms with Crippen molar-refractivity contribution in [3.05, 3.63) is 33.4 Å². The van der Waals surface area contributed by atoms with Gasteiger partial charge in [-0.15, -0.1) is 0 Å². The first-order chi connectivity index (χ1) is 15.6. The van der Waals surface area contributed by atoms with Gasteiger partial charge in [0.25, 0.3) is 0 Å². The van der Waals surface area contributed by atoms with Gasteiger partial charge in [-0.2, -0.15) is 0 Å². The van der Waals surface area contributed by atoms with Crippen molar-refractivity contribution in [1.29, 1.82) is 0 Å².